The summed E-state index contributed by atoms with van der Waals surface area (Å²) in [5.74, 6) is 1.08. The zero-order valence-corrected chi connectivity index (χ0v) is 8.70. The molecule has 0 aromatic carbocycles. The second-order valence-electron chi connectivity index (χ2n) is 3.42. The van der Waals surface area contributed by atoms with Crippen LogP contribution in [0.4, 0.5) is 5.82 Å². The fourth-order valence-corrected chi connectivity index (χ4v) is 1.03. The van der Waals surface area contributed by atoms with E-state index in [4.69, 9.17) is 5.11 Å². The van der Waals surface area contributed by atoms with Crippen molar-refractivity contribution in [3.8, 4) is 0 Å². The Morgan fingerprint density at radius 3 is 2.93 bits per heavy atom. The van der Waals surface area contributed by atoms with E-state index in [9.17, 15) is 0 Å². The van der Waals surface area contributed by atoms with Crippen molar-refractivity contribution in [1.29, 1.82) is 0 Å². The zero-order valence-electron chi connectivity index (χ0n) is 8.70. The van der Waals surface area contributed by atoms with Crippen LogP contribution in [0.5, 0.6) is 0 Å². The van der Waals surface area contributed by atoms with Crippen molar-refractivity contribution in [2.75, 3.05) is 18.5 Å². The van der Waals surface area contributed by atoms with Gasteiger partial charge in [-0.05, 0) is 12.3 Å². The van der Waals surface area contributed by atoms with Crippen LogP contribution in [-0.2, 0) is 6.42 Å². The minimum Gasteiger partial charge on any atom is -0.396 e. The van der Waals surface area contributed by atoms with Gasteiger partial charge in [0.05, 0.1) is 0 Å². The Hall–Kier alpha value is -1.16. The molecule has 0 aliphatic heterocycles. The summed E-state index contributed by atoms with van der Waals surface area (Å²) >= 11 is 0. The molecule has 0 saturated carbocycles. The van der Waals surface area contributed by atoms with Gasteiger partial charge in [0.2, 0.25) is 0 Å². The second kappa shape index (κ2) is 5.54. The largest absolute Gasteiger partial charge is 0.396 e. The van der Waals surface area contributed by atoms with E-state index in [-0.39, 0.29) is 12.5 Å². The first kappa shape index (κ1) is 10.9. The smallest absolute Gasteiger partial charge is 0.129 e. The van der Waals surface area contributed by atoms with Gasteiger partial charge in [0.1, 0.15) is 12.1 Å². The fraction of sp³-hybridized carbons (Fsp3) is 0.600. The fourth-order valence-electron chi connectivity index (χ4n) is 1.03. The quantitative estimate of drug-likeness (QED) is 0.738. The molecular weight excluding hydrogens is 178 g/mol. The lowest BCUT2D eigenvalue weighted by molar-refractivity contribution is 0.244. The Morgan fingerprint density at radius 2 is 2.29 bits per heavy atom. The number of hydrogen-bond donors (Lipinski definition) is 2. The summed E-state index contributed by atoms with van der Waals surface area (Å²) in [6.07, 6.45) is 2.47. The maximum absolute atomic E-state index is 8.84. The standard InChI is InChI=1S/C10H17N3O/c1-3-9-4-10(13-7-12-9)11-5-8(2)6-14/h4,7-8,14H,3,5-6H2,1-2H3,(H,11,12,13). The molecule has 0 spiro atoms. The summed E-state index contributed by atoms with van der Waals surface area (Å²) in [5, 5.41) is 12.0. The first-order chi connectivity index (χ1) is 6.76. The average molecular weight is 195 g/mol. The van der Waals surface area contributed by atoms with Gasteiger partial charge < -0.3 is 10.4 Å². The molecule has 4 heteroatoms. The van der Waals surface area contributed by atoms with Gasteiger partial charge in [-0.3, -0.25) is 0 Å². The van der Waals surface area contributed by atoms with Gasteiger partial charge in [-0.15, -0.1) is 0 Å². The van der Waals surface area contributed by atoms with E-state index in [0.29, 0.717) is 0 Å². The average Bonchev–Trinajstić information content (AvgIpc) is 2.26. The molecule has 4 nitrogen and oxygen atoms in total. The molecule has 0 saturated heterocycles. The number of nitrogens with zero attached hydrogens (tertiary/aromatic N) is 2. The number of aliphatic hydroxyl groups excluding tert-OH is 1. The highest BCUT2D eigenvalue weighted by Crippen LogP contribution is 2.05. The van der Waals surface area contributed by atoms with Crippen molar-refractivity contribution >= 4 is 5.82 Å². The molecule has 14 heavy (non-hydrogen) atoms. The van der Waals surface area contributed by atoms with Crippen LogP contribution in [0.15, 0.2) is 12.4 Å². The van der Waals surface area contributed by atoms with Gasteiger partial charge >= 0.3 is 0 Å². The van der Waals surface area contributed by atoms with Crippen LogP contribution in [0.2, 0.25) is 0 Å². The number of rotatable bonds is 5. The van der Waals surface area contributed by atoms with Gasteiger partial charge in [-0.2, -0.15) is 0 Å². The van der Waals surface area contributed by atoms with E-state index in [1.54, 1.807) is 6.33 Å². The number of nitrogens with one attached hydrogen (secondary N) is 1. The van der Waals surface area contributed by atoms with E-state index in [0.717, 1.165) is 24.5 Å². The van der Waals surface area contributed by atoms with Crippen molar-refractivity contribution in [3.05, 3.63) is 18.1 Å². The number of aryl methyl sites for hydroxylation is 1. The van der Waals surface area contributed by atoms with Crippen LogP contribution in [0.1, 0.15) is 19.5 Å². The minimum atomic E-state index is 0.193. The summed E-state index contributed by atoms with van der Waals surface area (Å²) in [5.41, 5.74) is 1.03. The third-order valence-electron chi connectivity index (χ3n) is 2.03. The normalized spacial score (nSPS) is 12.5. The first-order valence-electron chi connectivity index (χ1n) is 4.92. The monoisotopic (exact) mass is 195 g/mol. The molecule has 0 fully saturated rings. The summed E-state index contributed by atoms with van der Waals surface area (Å²) in [7, 11) is 0. The number of aliphatic hydroxyl groups is 1. The van der Waals surface area contributed by atoms with Crippen LogP contribution in [0.25, 0.3) is 0 Å². The zero-order chi connectivity index (χ0) is 10.4. The van der Waals surface area contributed by atoms with Crippen molar-refractivity contribution in [2.45, 2.75) is 20.3 Å². The Morgan fingerprint density at radius 1 is 1.50 bits per heavy atom. The molecule has 1 unspecified atom stereocenters. The highest BCUT2D eigenvalue weighted by molar-refractivity contribution is 5.34. The lowest BCUT2D eigenvalue weighted by Gasteiger charge is -2.10. The van der Waals surface area contributed by atoms with Gasteiger partial charge in [0.15, 0.2) is 0 Å². The topological polar surface area (TPSA) is 58.0 Å². The molecule has 1 heterocycles. The molecule has 0 amide bonds. The van der Waals surface area contributed by atoms with Gasteiger partial charge in [0, 0.05) is 24.9 Å². The Labute approximate surface area is 84.4 Å². The summed E-state index contributed by atoms with van der Waals surface area (Å²) < 4.78 is 0. The number of hydrogen-bond acceptors (Lipinski definition) is 4. The van der Waals surface area contributed by atoms with Crippen molar-refractivity contribution in [2.24, 2.45) is 5.92 Å². The van der Waals surface area contributed by atoms with E-state index < -0.39 is 0 Å². The maximum atomic E-state index is 8.84. The third kappa shape index (κ3) is 3.30. The Bertz CT molecular complexity index is 278. The molecule has 1 aromatic heterocycles. The first-order valence-corrected chi connectivity index (χ1v) is 4.92. The van der Waals surface area contributed by atoms with Crippen LogP contribution >= 0.6 is 0 Å². The van der Waals surface area contributed by atoms with Crippen LogP contribution < -0.4 is 5.32 Å². The van der Waals surface area contributed by atoms with Gasteiger partial charge in [0.25, 0.3) is 0 Å². The lowest BCUT2D eigenvalue weighted by Crippen LogP contribution is -2.15. The van der Waals surface area contributed by atoms with Gasteiger partial charge in [-0.25, -0.2) is 9.97 Å². The predicted molar refractivity (Wildman–Crippen MR) is 56.1 cm³/mol. The lowest BCUT2D eigenvalue weighted by atomic mass is 10.2. The summed E-state index contributed by atoms with van der Waals surface area (Å²) in [6.45, 7) is 4.97. The van der Waals surface area contributed by atoms with Crippen molar-refractivity contribution < 1.29 is 5.11 Å². The molecule has 0 aliphatic carbocycles. The van der Waals surface area contributed by atoms with Crippen molar-refractivity contribution in [3.63, 3.8) is 0 Å². The second-order valence-corrected chi connectivity index (χ2v) is 3.42. The van der Waals surface area contributed by atoms with Gasteiger partial charge in [-0.1, -0.05) is 13.8 Å². The molecule has 0 aliphatic rings. The summed E-state index contributed by atoms with van der Waals surface area (Å²) in [6, 6.07) is 1.93. The van der Waals surface area contributed by atoms with Crippen molar-refractivity contribution in [1.82, 2.24) is 9.97 Å². The van der Waals surface area contributed by atoms with Crippen LogP contribution in [0.3, 0.4) is 0 Å². The van der Waals surface area contributed by atoms with E-state index in [1.165, 1.54) is 0 Å². The predicted octanol–water partition coefficient (Wildman–Crippen LogP) is 1.08. The SMILES string of the molecule is CCc1cc(NCC(C)CO)ncn1. The molecule has 1 rings (SSSR count). The summed E-state index contributed by atoms with van der Waals surface area (Å²) in [4.78, 5) is 8.19. The molecule has 0 bridgehead atoms. The van der Waals surface area contributed by atoms with E-state index in [2.05, 4.69) is 22.2 Å². The molecule has 1 atom stereocenters. The molecule has 2 N–H and O–H groups in total. The molecule has 78 valence electrons. The van der Waals surface area contributed by atoms with E-state index >= 15 is 0 Å². The number of anilines is 1. The minimum absolute atomic E-state index is 0.193. The van der Waals surface area contributed by atoms with Crippen LogP contribution in [-0.4, -0.2) is 28.2 Å². The Balaban J connectivity index is 2.50. The van der Waals surface area contributed by atoms with E-state index in [1.807, 2.05) is 13.0 Å². The number of aromatic nitrogens is 2. The Kier molecular flexibility index (Phi) is 4.32. The highest BCUT2D eigenvalue weighted by Gasteiger charge is 2.00. The highest BCUT2D eigenvalue weighted by atomic mass is 16.3. The molecule has 1 aromatic rings. The molecule has 0 radical (unpaired) electrons. The van der Waals surface area contributed by atoms with Crippen LogP contribution in [0, 0.1) is 5.92 Å². The third-order valence-corrected chi connectivity index (χ3v) is 2.03. The maximum Gasteiger partial charge on any atom is 0.129 e. The molecular formula is C10H17N3O.